The lowest BCUT2D eigenvalue weighted by molar-refractivity contribution is -0.119. The zero-order valence-corrected chi connectivity index (χ0v) is 11.3. The average Bonchev–Trinajstić information content (AvgIpc) is 2.87. The largest absolute Gasteiger partial charge is 0.328 e. The van der Waals surface area contributed by atoms with Crippen LogP contribution in [0.1, 0.15) is 31.2 Å². The van der Waals surface area contributed by atoms with Gasteiger partial charge in [0.25, 0.3) is 0 Å². The third-order valence-electron chi connectivity index (χ3n) is 2.84. The van der Waals surface area contributed by atoms with E-state index in [1.54, 1.807) is 0 Å². The topological polar surface area (TPSA) is 80.9 Å². The lowest BCUT2D eigenvalue weighted by Crippen LogP contribution is -2.23. The second kappa shape index (κ2) is 6.28. The van der Waals surface area contributed by atoms with Crippen LogP contribution in [-0.2, 0) is 11.2 Å². The third-order valence-corrected chi connectivity index (χ3v) is 3.83. The molecule has 7 heteroatoms. The molecule has 17 heavy (non-hydrogen) atoms. The van der Waals surface area contributed by atoms with Crippen molar-refractivity contribution in [2.45, 2.75) is 38.6 Å². The predicted molar refractivity (Wildman–Crippen MR) is 70.5 cm³/mol. The van der Waals surface area contributed by atoms with Gasteiger partial charge in [0.15, 0.2) is 0 Å². The Balaban J connectivity index is 0.00000144. The molecule has 3 N–H and O–H groups in total. The fourth-order valence-corrected chi connectivity index (χ4v) is 2.59. The number of aryl methyl sites for hydroxylation is 1. The summed E-state index contributed by atoms with van der Waals surface area (Å²) in [6, 6.07) is 0.177. The van der Waals surface area contributed by atoms with E-state index in [1.807, 2.05) is 6.92 Å². The molecular formula is C10H17ClN4OS. The van der Waals surface area contributed by atoms with Gasteiger partial charge < -0.3 is 11.1 Å². The van der Waals surface area contributed by atoms with Gasteiger partial charge in [-0.15, -0.1) is 22.6 Å². The Hall–Kier alpha value is -0.720. The molecule has 0 aromatic carbocycles. The summed E-state index contributed by atoms with van der Waals surface area (Å²) in [5.74, 6) is 0.0794. The van der Waals surface area contributed by atoms with E-state index in [4.69, 9.17) is 5.73 Å². The van der Waals surface area contributed by atoms with E-state index in [-0.39, 0.29) is 30.3 Å². The molecule has 2 rings (SSSR count). The molecular weight excluding hydrogens is 260 g/mol. The summed E-state index contributed by atoms with van der Waals surface area (Å²) in [6.07, 6.45) is 3.45. The minimum absolute atomic E-state index is 0. The molecule has 2 atom stereocenters. The van der Waals surface area contributed by atoms with E-state index in [0.29, 0.717) is 5.13 Å². The SMILES string of the molecule is CCc1nnc(NC(=O)C2CCC(N)C2)s1.Cl. The Morgan fingerprint density at radius 3 is 2.82 bits per heavy atom. The Kier molecular flexibility index (Phi) is 5.30. The van der Waals surface area contributed by atoms with Crippen molar-refractivity contribution in [1.82, 2.24) is 10.2 Å². The van der Waals surface area contributed by atoms with Crippen LogP contribution in [0.15, 0.2) is 0 Å². The first kappa shape index (κ1) is 14.3. The van der Waals surface area contributed by atoms with Crippen LogP contribution in [0, 0.1) is 5.92 Å². The van der Waals surface area contributed by atoms with Gasteiger partial charge in [-0.25, -0.2) is 0 Å². The molecule has 1 fully saturated rings. The van der Waals surface area contributed by atoms with Crippen LogP contribution >= 0.6 is 23.7 Å². The summed E-state index contributed by atoms with van der Waals surface area (Å²) in [5.41, 5.74) is 5.78. The minimum atomic E-state index is 0. The number of aromatic nitrogens is 2. The number of nitrogens with one attached hydrogen (secondary N) is 1. The first-order chi connectivity index (χ1) is 7.69. The van der Waals surface area contributed by atoms with E-state index < -0.39 is 0 Å². The number of nitrogens with zero attached hydrogens (tertiary/aromatic N) is 2. The fraction of sp³-hybridized carbons (Fsp3) is 0.700. The molecule has 1 aliphatic rings. The van der Waals surface area contributed by atoms with Crippen LogP contribution in [0.5, 0.6) is 0 Å². The highest BCUT2D eigenvalue weighted by molar-refractivity contribution is 7.15. The molecule has 2 unspecified atom stereocenters. The van der Waals surface area contributed by atoms with Crippen LogP contribution in [0.3, 0.4) is 0 Å². The number of nitrogens with two attached hydrogens (primary N) is 1. The summed E-state index contributed by atoms with van der Waals surface area (Å²) in [6.45, 7) is 2.02. The number of hydrogen-bond acceptors (Lipinski definition) is 5. The van der Waals surface area contributed by atoms with Gasteiger partial charge >= 0.3 is 0 Å². The molecule has 96 valence electrons. The highest BCUT2D eigenvalue weighted by atomic mass is 35.5. The molecule has 1 aliphatic carbocycles. The molecule has 1 heterocycles. The van der Waals surface area contributed by atoms with Crippen LogP contribution in [0.2, 0.25) is 0 Å². The zero-order valence-electron chi connectivity index (χ0n) is 9.68. The number of carbonyl (C=O) groups excluding carboxylic acids is 1. The molecule has 0 saturated heterocycles. The third kappa shape index (κ3) is 3.62. The van der Waals surface area contributed by atoms with Gasteiger partial charge in [-0.1, -0.05) is 18.3 Å². The predicted octanol–water partition coefficient (Wildman–Crippen LogP) is 1.59. The van der Waals surface area contributed by atoms with E-state index in [2.05, 4.69) is 15.5 Å². The normalized spacial score (nSPS) is 23.2. The van der Waals surface area contributed by atoms with Crippen LogP contribution < -0.4 is 11.1 Å². The Morgan fingerprint density at radius 2 is 2.29 bits per heavy atom. The summed E-state index contributed by atoms with van der Waals surface area (Å²) < 4.78 is 0. The molecule has 1 saturated carbocycles. The van der Waals surface area contributed by atoms with Crippen molar-refractivity contribution in [3.05, 3.63) is 5.01 Å². The maximum atomic E-state index is 11.8. The van der Waals surface area contributed by atoms with Crippen molar-refractivity contribution in [2.75, 3.05) is 5.32 Å². The van der Waals surface area contributed by atoms with Gasteiger partial charge in [0.2, 0.25) is 11.0 Å². The molecule has 0 bridgehead atoms. The molecule has 1 amide bonds. The monoisotopic (exact) mass is 276 g/mol. The first-order valence-corrected chi connectivity index (χ1v) is 6.39. The fourth-order valence-electron chi connectivity index (χ4n) is 1.91. The summed E-state index contributed by atoms with van der Waals surface area (Å²) in [5, 5.41) is 12.2. The van der Waals surface area contributed by atoms with Gasteiger partial charge in [0.05, 0.1) is 0 Å². The molecule has 5 nitrogen and oxygen atoms in total. The summed E-state index contributed by atoms with van der Waals surface area (Å²) >= 11 is 1.44. The maximum Gasteiger partial charge on any atom is 0.229 e. The Bertz CT molecular complexity index is 384. The summed E-state index contributed by atoms with van der Waals surface area (Å²) in [7, 11) is 0. The van der Waals surface area contributed by atoms with Crippen molar-refractivity contribution in [3.63, 3.8) is 0 Å². The van der Waals surface area contributed by atoms with Crippen LogP contribution in [0.25, 0.3) is 0 Å². The quantitative estimate of drug-likeness (QED) is 0.878. The van der Waals surface area contributed by atoms with Gasteiger partial charge in [0, 0.05) is 12.0 Å². The minimum Gasteiger partial charge on any atom is -0.328 e. The molecule has 0 aliphatic heterocycles. The number of halogens is 1. The number of anilines is 1. The van der Waals surface area contributed by atoms with E-state index in [1.165, 1.54) is 11.3 Å². The van der Waals surface area contributed by atoms with Crippen molar-refractivity contribution >= 4 is 34.8 Å². The second-order valence-corrected chi connectivity index (χ2v) is 5.18. The molecule has 0 radical (unpaired) electrons. The first-order valence-electron chi connectivity index (χ1n) is 5.58. The van der Waals surface area contributed by atoms with Crippen LogP contribution in [0.4, 0.5) is 5.13 Å². The Labute approximate surface area is 111 Å². The second-order valence-electron chi connectivity index (χ2n) is 4.11. The van der Waals surface area contributed by atoms with Crippen molar-refractivity contribution in [1.29, 1.82) is 0 Å². The number of amides is 1. The smallest absolute Gasteiger partial charge is 0.229 e. The van der Waals surface area contributed by atoms with Crippen LogP contribution in [-0.4, -0.2) is 22.1 Å². The van der Waals surface area contributed by atoms with Crippen molar-refractivity contribution < 1.29 is 4.79 Å². The van der Waals surface area contributed by atoms with E-state index >= 15 is 0 Å². The van der Waals surface area contributed by atoms with Gasteiger partial charge in [-0.3, -0.25) is 4.79 Å². The van der Waals surface area contributed by atoms with Gasteiger partial charge in [-0.05, 0) is 25.7 Å². The zero-order chi connectivity index (χ0) is 11.5. The van der Waals surface area contributed by atoms with E-state index in [0.717, 1.165) is 30.7 Å². The van der Waals surface area contributed by atoms with Crippen molar-refractivity contribution in [2.24, 2.45) is 11.7 Å². The highest BCUT2D eigenvalue weighted by Crippen LogP contribution is 2.26. The van der Waals surface area contributed by atoms with E-state index in [9.17, 15) is 4.79 Å². The number of carbonyl (C=O) groups is 1. The lowest BCUT2D eigenvalue weighted by Gasteiger charge is -2.07. The standard InChI is InChI=1S/C10H16N4OS.ClH/c1-2-8-13-14-10(16-8)12-9(15)6-3-4-7(11)5-6;/h6-7H,2-5,11H2,1H3,(H,12,14,15);1H. The summed E-state index contributed by atoms with van der Waals surface area (Å²) in [4.78, 5) is 11.8. The number of hydrogen-bond donors (Lipinski definition) is 2. The lowest BCUT2D eigenvalue weighted by atomic mass is 10.1. The molecule has 0 spiro atoms. The van der Waals surface area contributed by atoms with Gasteiger partial charge in [0.1, 0.15) is 5.01 Å². The molecule has 1 aromatic rings. The van der Waals surface area contributed by atoms with Gasteiger partial charge in [-0.2, -0.15) is 0 Å². The van der Waals surface area contributed by atoms with Crippen molar-refractivity contribution in [3.8, 4) is 0 Å². The molecule has 1 aromatic heterocycles. The maximum absolute atomic E-state index is 11.8. The highest BCUT2D eigenvalue weighted by Gasteiger charge is 2.28. The number of rotatable bonds is 3. The average molecular weight is 277 g/mol. The Morgan fingerprint density at radius 1 is 1.53 bits per heavy atom.